The summed E-state index contributed by atoms with van der Waals surface area (Å²) in [5.74, 6) is -0.698. The van der Waals surface area contributed by atoms with E-state index in [9.17, 15) is 18.5 Å². The Morgan fingerprint density at radius 2 is 1.86 bits per heavy atom. The highest BCUT2D eigenvalue weighted by atomic mass is 32.2. The van der Waals surface area contributed by atoms with Gasteiger partial charge in [0.05, 0.1) is 10.5 Å². The van der Waals surface area contributed by atoms with E-state index in [2.05, 4.69) is 11.4 Å². The van der Waals surface area contributed by atoms with Crippen molar-refractivity contribution in [2.24, 2.45) is 0 Å². The van der Waals surface area contributed by atoms with Crippen LogP contribution in [0.4, 0.5) is 5.00 Å². The van der Waals surface area contributed by atoms with Crippen molar-refractivity contribution in [3.8, 4) is 6.07 Å². The van der Waals surface area contributed by atoms with Crippen molar-refractivity contribution in [1.29, 1.82) is 5.26 Å². The fraction of sp³-hybridized carbons (Fsp3) is 0.238. The molecule has 1 aromatic carbocycles. The van der Waals surface area contributed by atoms with Gasteiger partial charge in [0.25, 0.3) is 5.91 Å². The molecular formula is C21H18N2O4S2. The summed E-state index contributed by atoms with van der Waals surface area (Å²) in [4.78, 5) is 13.8. The molecule has 0 bridgehead atoms. The van der Waals surface area contributed by atoms with Crippen molar-refractivity contribution >= 4 is 32.1 Å². The Bertz CT molecular complexity index is 1230. The van der Waals surface area contributed by atoms with E-state index in [-0.39, 0.29) is 15.7 Å². The molecular weight excluding hydrogens is 408 g/mol. The van der Waals surface area contributed by atoms with E-state index < -0.39 is 15.7 Å². The molecule has 4 rings (SSSR count). The zero-order valence-corrected chi connectivity index (χ0v) is 17.3. The van der Waals surface area contributed by atoms with Crippen molar-refractivity contribution in [2.75, 3.05) is 5.32 Å². The SMILES string of the molecule is Cc1ccc(S(=O)(=O)c2ccc(C(=O)Nc3sc4c(c3C#N)CCCC4)o2)cc1. The largest absolute Gasteiger partial charge is 0.439 e. The molecule has 0 radical (unpaired) electrons. The first-order valence-corrected chi connectivity index (χ1v) is 11.5. The Hall–Kier alpha value is -2.89. The summed E-state index contributed by atoms with van der Waals surface area (Å²) in [6.45, 7) is 1.86. The van der Waals surface area contributed by atoms with E-state index in [1.807, 2.05) is 6.92 Å². The number of rotatable bonds is 4. The van der Waals surface area contributed by atoms with Crippen LogP contribution in [0.15, 0.2) is 50.8 Å². The van der Waals surface area contributed by atoms with Crippen molar-refractivity contribution in [3.05, 3.63) is 63.7 Å². The van der Waals surface area contributed by atoms with Crippen molar-refractivity contribution < 1.29 is 17.6 Å². The molecule has 0 saturated heterocycles. The minimum absolute atomic E-state index is 0.0992. The zero-order chi connectivity index (χ0) is 20.6. The Balaban J connectivity index is 1.59. The molecule has 1 aliphatic carbocycles. The fourth-order valence-electron chi connectivity index (χ4n) is 3.36. The Morgan fingerprint density at radius 3 is 2.59 bits per heavy atom. The Labute approximate surface area is 172 Å². The number of benzene rings is 1. The van der Waals surface area contributed by atoms with Gasteiger partial charge in [-0.3, -0.25) is 4.79 Å². The summed E-state index contributed by atoms with van der Waals surface area (Å²) in [6, 6.07) is 11.2. The molecule has 148 valence electrons. The minimum atomic E-state index is -3.85. The van der Waals surface area contributed by atoms with Crippen LogP contribution in [-0.4, -0.2) is 14.3 Å². The second-order valence-electron chi connectivity index (χ2n) is 6.92. The molecule has 2 heterocycles. The molecule has 0 fully saturated rings. The number of fused-ring (bicyclic) bond motifs is 1. The molecule has 1 amide bonds. The number of carbonyl (C=O) groups excluding carboxylic acids is 1. The second kappa shape index (κ2) is 7.50. The van der Waals surface area contributed by atoms with Gasteiger partial charge in [-0.15, -0.1) is 11.3 Å². The molecule has 0 unspecified atom stereocenters. The average Bonchev–Trinajstić information content (AvgIpc) is 3.33. The smallest absolute Gasteiger partial charge is 0.292 e. The van der Waals surface area contributed by atoms with E-state index in [4.69, 9.17) is 4.42 Å². The van der Waals surface area contributed by atoms with E-state index >= 15 is 0 Å². The third-order valence-corrected chi connectivity index (χ3v) is 7.76. The van der Waals surface area contributed by atoms with Gasteiger partial charge in [-0.05, 0) is 62.4 Å². The van der Waals surface area contributed by atoms with Gasteiger partial charge in [-0.2, -0.15) is 5.26 Å². The number of aryl methyl sites for hydroxylation is 2. The first-order chi connectivity index (χ1) is 13.9. The quantitative estimate of drug-likeness (QED) is 0.663. The summed E-state index contributed by atoms with van der Waals surface area (Å²) < 4.78 is 30.8. The first kappa shape index (κ1) is 19.4. The number of carbonyl (C=O) groups is 1. The standard InChI is InChI=1S/C21H18N2O4S2/c1-13-6-8-14(9-7-13)29(25,26)19-11-10-17(27-19)20(24)23-21-16(12-22)15-4-2-3-5-18(15)28-21/h6-11H,2-5H2,1H3,(H,23,24). The summed E-state index contributed by atoms with van der Waals surface area (Å²) in [6.07, 6.45) is 3.85. The van der Waals surface area contributed by atoms with Crippen LogP contribution < -0.4 is 5.32 Å². The number of furan rings is 1. The lowest BCUT2D eigenvalue weighted by molar-refractivity contribution is 0.0992. The molecule has 0 spiro atoms. The Morgan fingerprint density at radius 1 is 1.14 bits per heavy atom. The first-order valence-electron chi connectivity index (χ1n) is 9.17. The maximum Gasteiger partial charge on any atom is 0.292 e. The molecule has 6 nitrogen and oxygen atoms in total. The number of anilines is 1. The van der Waals surface area contributed by atoms with Gasteiger partial charge in [0, 0.05) is 4.88 Å². The van der Waals surface area contributed by atoms with E-state index in [1.54, 1.807) is 12.1 Å². The summed E-state index contributed by atoms with van der Waals surface area (Å²) >= 11 is 1.41. The topological polar surface area (TPSA) is 100 Å². The second-order valence-corrected chi connectivity index (χ2v) is 9.90. The lowest BCUT2D eigenvalue weighted by atomic mass is 9.96. The maximum absolute atomic E-state index is 12.7. The molecule has 1 aliphatic rings. The predicted octanol–water partition coefficient (Wildman–Crippen LogP) is 4.49. The number of sulfone groups is 1. The van der Waals surface area contributed by atoms with E-state index in [1.165, 1.54) is 35.6 Å². The molecule has 0 aliphatic heterocycles. The molecule has 29 heavy (non-hydrogen) atoms. The lowest BCUT2D eigenvalue weighted by Gasteiger charge is -2.09. The predicted molar refractivity (Wildman–Crippen MR) is 109 cm³/mol. The van der Waals surface area contributed by atoms with E-state index in [0.717, 1.165) is 41.7 Å². The van der Waals surface area contributed by atoms with Crippen LogP contribution in [0.3, 0.4) is 0 Å². The summed E-state index contributed by atoms with van der Waals surface area (Å²) in [7, 11) is -3.85. The van der Waals surface area contributed by atoms with Gasteiger partial charge in [-0.1, -0.05) is 17.7 Å². The number of nitrogens with one attached hydrogen (secondary N) is 1. The lowest BCUT2D eigenvalue weighted by Crippen LogP contribution is -2.11. The van der Waals surface area contributed by atoms with Crippen LogP contribution in [0, 0.1) is 18.3 Å². The van der Waals surface area contributed by atoms with Crippen molar-refractivity contribution in [3.63, 3.8) is 0 Å². The summed E-state index contributed by atoms with van der Waals surface area (Å²) in [5.41, 5.74) is 2.45. The summed E-state index contributed by atoms with van der Waals surface area (Å²) in [5, 5.41) is 12.4. The van der Waals surface area contributed by atoms with Gasteiger partial charge in [0.1, 0.15) is 11.1 Å². The zero-order valence-electron chi connectivity index (χ0n) is 15.7. The van der Waals surface area contributed by atoms with Gasteiger partial charge in [-0.25, -0.2) is 8.42 Å². The van der Waals surface area contributed by atoms with Crippen molar-refractivity contribution in [2.45, 2.75) is 42.6 Å². The van der Waals surface area contributed by atoms with Crippen LogP contribution in [0.25, 0.3) is 0 Å². The van der Waals surface area contributed by atoms with Crippen molar-refractivity contribution in [1.82, 2.24) is 0 Å². The van der Waals surface area contributed by atoms with Crippen LogP contribution in [0.5, 0.6) is 0 Å². The molecule has 3 aromatic rings. The molecule has 1 N–H and O–H groups in total. The normalized spacial score (nSPS) is 13.5. The van der Waals surface area contributed by atoms with Crippen LogP contribution >= 0.6 is 11.3 Å². The average molecular weight is 427 g/mol. The highest BCUT2D eigenvalue weighted by Crippen LogP contribution is 2.38. The maximum atomic E-state index is 12.7. The van der Waals surface area contributed by atoms with Crippen LogP contribution in [0.1, 0.15) is 45.0 Å². The highest BCUT2D eigenvalue weighted by molar-refractivity contribution is 7.91. The third kappa shape index (κ3) is 3.59. The molecule has 2 aromatic heterocycles. The van der Waals surface area contributed by atoms with Gasteiger partial charge < -0.3 is 9.73 Å². The van der Waals surface area contributed by atoms with Crippen LogP contribution in [0.2, 0.25) is 0 Å². The number of hydrogen-bond acceptors (Lipinski definition) is 6. The molecule has 0 saturated carbocycles. The highest BCUT2D eigenvalue weighted by Gasteiger charge is 2.26. The number of nitrogens with zero attached hydrogens (tertiary/aromatic N) is 1. The number of nitriles is 1. The van der Waals surface area contributed by atoms with Crippen LogP contribution in [-0.2, 0) is 22.7 Å². The third-order valence-electron chi connectivity index (χ3n) is 4.91. The number of amides is 1. The number of thiophene rings is 1. The monoisotopic (exact) mass is 426 g/mol. The minimum Gasteiger partial charge on any atom is -0.439 e. The van der Waals surface area contributed by atoms with Gasteiger partial charge in [0.2, 0.25) is 14.9 Å². The van der Waals surface area contributed by atoms with Gasteiger partial charge >= 0.3 is 0 Å². The Kier molecular flexibility index (Phi) is 5.03. The fourth-order valence-corrected chi connectivity index (χ4v) is 5.77. The van der Waals surface area contributed by atoms with E-state index in [0.29, 0.717) is 10.6 Å². The number of hydrogen-bond donors (Lipinski definition) is 1. The molecule has 8 heteroatoms. The van der Waals surface area contributed by atoms with Gasteiger partial charge in [0.15, 0.2) is 5.76 Å². The molecule has 0 atom stereocenters.